The standard InChI is InChI=1S/C23H27N3O4S/c1-4-25(5-2)31(29,30)19-13-10-18(11-14-19)12-15-23(28)26-17(3)16-22(27)24-20-8-6-7-9-21(20)26/h6-15,17H,4-5,16H2,1-3H3,(H,24,27)/b15-12+. The number of fused-ring (bicyclic) bond motifs is 1. The van der Waals surface area contributed by atoms with E-state index in [1.54, 1.807) is 67.3 Å². The molecule has 1 aliphatic rings. The highest BCUT2D eigenvalue weighted by Crippen LogP contribution is 2.31. The fourth-order valence-electron chi connectivity index (χ4n) is 3.63. The third-order valence-electron chi connectivity index (χ3n) is 5.24. The van der Waals surface area contributed by atoms with Gasteiger partial charge in [-0.05, 0) is 42.8 Å². The van der Waals surface area contributed by atoms with Crippen LogP contribution in [0.5, 0.6) is 0 Å². The normalized spacial score (nSPS) is 16.8. The maximum Gasteiger partial charge on any atom is 0.251 e. The summed E-state index contributed by atoms with van der Waals surface area (Å²) < 4.78 is 26.6. The predicted octanol–water partition coefficient (Wildman–Crippen LogP) is 3.49. The van der Waals surface area contributed by atoms with E-state index >= 15 is 0 Å². The van der Waals surface area contributed by atoms with Gasteiger partial charge in [-0.25, -0.2) is 8.42 Å². The van der Waals surface area contributed by atoms with E-state index in [0.717, 1.165) is 0 Å². The molecular formula is C23H27N3O4S. The predicted molar refractivity (Wildman–Crippen MR) is 122 cm³/mol. The van der Waals surface area contributed by atoms with Gasteiger partial charge in [-0.3, -0.25) is 9.59 Å². The van der Waals surface area contributed by atoms with Crippen molar-refractivity contribution >= 4 is 39.3 Å². The van der Waals surface area contributed by atoms with Crippen LogP contribution < -0.4 is 10.2 Å². The Morgan fingerprint density at radius 3 is 2.42 bits per heavy atom. The molecule has 0 aromatic heterocycles. The first-order valence-corrected chi connectivity index (χ1v) is 11.7. The van der Waals surface area contributed by atoms with Gasteiger partial charge in [0.1, 0.15) is 0 Å². The number of anilines is 2. The number of hydrogen-bond donors (Lipinski definition) is 1. The van der Waals surface area contributed by atoms with Gasteiger partial charge in [0.15, 0.2) is 0 Å². The van der Waals surface area contributed by atoms with Gasteiger partial charge >= 0.3 is 0 Å². The Balaban J connectivity index is 1.82. The van der Waals surface area contributed by atoms with Crippen LogP contribution in [0.4, 0.5) is 11.4 Å². The van der Waals surface area contributed by atoms with Crippen molar-refractivity contribution in [3.8, 4) is 0 Å². The van der Waals surface area contributed by atoms with Crippen molar-refractivity contribution < 1.29 is 18.0 Å². The van der Waals surface area contributed by atoms with Crippen molar-refractivity contribution in [1.29, 1.82) is 0 Å². The maximum atomic E-state index is 13.0. The van der Waals surface area contributed by atoms with Gasteiger partial charge in [-0.1, -0.05) is 38.1 Å². The lowest BCUT2D eigenvalue weighted by Gasteiger charge is -2.26. The Morgan fingerprint density at radius 1 is 1.13 bits per heavy atom. The molecule has 1 heterocycles. The number of hydrogen-bond acceptors (Lipinski definition) is 4. The van der Waals surface area contributed by atoms with Crippen LogP contribution in [0.3, 0.4) is 0 Å². The molecule has 0 radical (unpaired) electrons. The summed E-state index contributed by atoms with van der Waals surface area (Å²) in [7, 11) is -3.52. The van der Waals surface area contributed by atoms with Gasteiger partial charge in [0.2, 0.25) is 15.9 Å². The van der Waals surface area contributed by atoms with Crippen molar-refractivity contribution in [3.05, 3.63) is 60.2 Å². The number of carbonyl (C=O) groups is 2. The van der Waals surface area contributed by atoms with Crippen LogP contribution in [0, 0.1) is 0 Å². The van der Waals surface area contributed by atoms with Gasteiger partial charge in [-0.2, -0.15) is 4.31 Å². The molecule has 0 fully saturated rings. The first-order valence-electron chi connectivity index (χ1n) is 10.3. The van der Waals surface area contributed by atoms with E-state index in [4.69, 9.17) is 0 Å². The van der Waals surface area contributed by atoms with E-state index in [9.17, 15) is 18.0 Å². The highest BCUT2D eigenvalue weighted by atomic mass is 32.2. The molecule has 0 saturated heterocycles. The molecule has 164 valence electrons. The number of amides is 2. The Morgan fingerprint density at radius 2 is 1.77 bits per heavy atom. The van der Waals surface area contributed by atoms with E-state index in [1.165, 1.54) is 10.4 Å². The molecule has 1 atom stereocenters. The number of rotatable bonds is 6. The second-order valence-corrected chi connectivity index (χ2v) is 9.26. The second-order valence-electron chi connectivity index (χ2n) is 7.32. The molecule has 2 aromatic rings. The zero-order valence-corrected chi connectivity index (χ0v) is 18.7. The number of benzene rings is 2. The SMILES string of the molecule is CCN(CC)S(=O)(=O)c1ccc(/C=C/C(=O)N2c3ccccc3NC(=O)CC2C)cc1. The van der Waals surface area contributed by atoms with E-state index in [1.807, 2.05) is 13.0 Å². The highest BCUT2D eigenvalue weighted by molar-refractivity contribution is 7.89. The Bertz CT molecular complexity index is 1090. The summed E-state index contributed by atoms with van der Waals surface area (Å²) in [5.41, 5.74) is 1.96. The van der Waals surface area contributed by atoms with Crippen molar-refractivity contribution in [2.75, 3.05) is 23.3 Å². The molecule has 2 aromatic carbocycles. The molecule has 0 spiro atoms. The fourth-order valence-corrected chi connectivity index (χ4v) is 5.09. The Hall–Kier alpha value is -2.97. The van der Waals surface area contributed by atoms with Gasteiger partial charge in [0, 0.05) is 31.6 Å². The van der Waals surface area contributed by atoms with Crippen molar-refractivity contribution in [2.45, 2.75) is 38.1 Å². The lowest BCUT2D eigenvalue weighted by Crippen LogP contribution is -2.37. The summed E-state index contributed by atoms with van der Waals surface area (Å²) in [4.78, 5) is 26.9. The minimum absolute atomic E-state index is 0.135. The van der Waals surface area contributed by atoms with E-state index < -0.39 is 10.0 Å². The van der Waals surface area contributed by atoms with Crippen LogP contribution >= 0.6 is 0 Å². The molecule has 0 saturated carbocycles. The first kappa shape index (κ1) is 22.7. The molecule has 7 nitrogen and oxygen atoms in total. The molecule has 3 rings (SSSR count). The lowest BCUT2D eigenvalue weighted by molar-refractivity contribution is -0.116. The zero-order chi connectivity index (χ0) is 22.6. The largest absolute Gasteiger partial charge is 0.324 e. The number of nitrogens with one attached hydrogen (secondary N) is 1. The van der Waals surface area contributed by atoms with Crippen molar-refractivity contribution in [1.82, 2.24) is 4.31 Å². The highest BCUT2D eigenvalue weighted by Gasteiger charge is 2.28. The topological polar surface area (TPSA) is 86.8 Å². The molecule has 2 amide bonds. The number of nitrogens with zero attached hydrogens (tertiary/aromatic N) is 2. The monoisotopic (exact) mass is 441 g/mol. The number of carbonyl (C=O) groups excluding carboxylic acids is 2. The van der Waals surface area contributed by atoms with Crippen LogP contribution in [-0.2, 0) is 19.6 Å². The van der Waals surface area contributed by atoms with E-state index in [-0.39, 0.29) is 29.2 Å². The van der Waals surface area contributed by atoms with Crippen LogP contribution in [0.25, 0.3) is 6.08 Å². The van der Waals surface area contributed by atoms with E-state index in [0.29, 0.717) is 30.0 Å². The lowest BCUT2D eigenvalue weighted by atomic mass is 10.1. The summed E-state index contributed by atoms with van der Waals surface area (Å²) >= 11 is 0. The summed E-state index contributed by atoms with van der Waals surface area (Å²) in [5, 5.41) is 2.83. The molecule has 0 bridgehead atoms. The summed E-state index contributed by atoms with van der Waals surface area (Å²) in [6.07, 6.45) is 3.29. The van der Waals surface area contributed by atoms with Crippen LogP contribution in [0.15, 0.2) is 59.5 Å². The zero-order valence-electron chi connectivity index (χ0n) is 17.9. The molecule has 31 heavy (non-hydrogen) atoms. The van der Waals surface area contributed by atoms with Crippen molar-refractivity contribution in [2.24, 2.45) is 0 Å². The molecular weight excluding hydrogens is 414 g/mol. The molecule has 0 aliphatic carbocycles. The average molecular weight is 442 g/mol. The van der Waals surface area contributed by atoms with Crippen LogP contribution in [0.2, 0.25) is 0 Å². The smallest absolute Gasteiger partial charge is 0.251 e. The van der Waals surface area contributed by atoms with Crippen molar-refractivity contribution in [3.63, 3.8) is 0 Å². The van der Waals surface area contributed by atoms with Crippen LogP contribution in [-0.4, -0.2) is 43.7 Å². The van der Waals surface area contributed by atoms with Crippen LogP contribution in [0.1, 0.15) is 32.8 Å². The fraction of sp³-hybridized carbons (Fsp3) is 0.304. The second kappa shape index (κ2) is 9.45. The quantitative estimate of drug-likeness (QED) is 0.695. The molecule has 8 heteroatoms. The molecule has 1 aliphatic heterocycles. The van der Waals surface area contributed by atoms with E-state index in [2.05, 4.69) is 5.32 Å². The average Bonchev–Trinajstić information content (AvgIpc) is 2.87. The van der Waals surface area contributed by atoms with Gasteiger partial charge in [0.05, 0.1) is 16.3 Å². The Kier molecular flexibility index (Phi) is 6.92. The summed E-state index contributed by atoms with van der Waals surface area (Å²) in [6, 6.07) is 13.3. The summed E-state index contributed by atoms with van der Waals surface area (Å²) in [5.74, 6) is -0.388. The third kappa shape index (κ3) is 4.86. The Labute approximate surface area is 183 Å². The summed E-state index contributed by atoms with van der Waals surface area (Å²) in [6.45, 7) is 6.24. The van der Waals surface area contributed by atoms with Gasteiger partial charge < -0.3 is 10.2 Å². The number of para-hydroxylation sites is 2. The third-order valence-corrected chi connectivity index (χ3v) is 7.30. The minimum Gasteiger partial charge on any atom is -0.324 e. The molecule has 1 N–H and O–H groups in total. The van der Waals surface area contributed by atoms with Gasteiger partial charge in [0.25, 0.3) is 5.91 Å². The number of sulfonamides is 1. The first-order chi connectivity index (χ1) is 14.8. The maximum absolute atomic E-state index is 13.0. The van der Waals surface area contributed by atoms with Gasteiger partial charge in [-0.15, -0.1) is 0 Å². The molecule has 1 unspecified atom stereocenters. The minimum atomic E-state index is -3.52.